The van der Waals surface area contributed by atoms with E-state index < -0.39 is 23.9 Å². The molecule has 7 heteroatoms. The molecule has 0 aromatic heterocycles. The largest absolute Gasteiger partial charge is 0.452 e. The van der Waals surface area contributed by atoms with Gasteiger partial charge in [-0.1, -0.05) is 36.0 Å². The monoisotopic (exact) mass is 368 g/mol. The molecule has 1 saturated heterocycles. The Kier molecular flexibility index (Phi) is 4.38. The Hall–Kier alpha value is -2.80. The molecule has 0 radical (unpaired) electrons. The number of hydrogen-bond acceptors (Lipinski definition) is 6. The summed E-state index contributed by atoms with van der Waals surface area (Å²) in [4.78, 5) is 39.2. The normalized spacial score (nSPS) is 18.2. The molecule has 0 bridgehead atoms. The number of nitrogens with zero attached hydrogens (tertiary/aromatic N) is 1. The maximum absolute atomic E-state index is 12.2. The van der Waals surface area contributed by atoms with Crippen LogP contribution in [0.15, 0.2) is 58.3 Å². The van der Waals surface area contributed by atoms with Gasteiger partial charge in [0.15, 0.2) is 6.10 Å². The van der Waals surface area contributed by atoms with Crippen LogP contribution in [-0.2, 0) is 19.1 Å². The van der Waals surface area contributed by atoms with Gasteiger partial charge in [0.2, 0.25) is 5.91 Å². The van der Waals surface area contributed by atoms with Crippen LogP contribution in [0.2, 0.25) is 0 Å². The van der Waals surface area contributed by atoms with E-state index in [9.17, 15) is 14.4 Å². The van der Waals surface area contributed by atoms with Crippen molar-refractivity contribution in [3.63, 3.8) is 0 Å². The Morgan fingerprint density at radius 2 is 1.69 bits per heavy atom. The Morgan fingerprint density at radius 1 is 1.08 bits per heavy atom. The third-order valence-electron chi connectivity index (χ3n) is 4.27. The van der Waals surface area contributed by atoms with Crippen molar-refractivity contribution in [2.24, 2.45) is 0 Å². The maximum atomic E-state index is 12.2. The van der Waals surface area contributed by atoms with Gasteiger partial charge in [0.05, 0.1) is 24.2 Å². The molecule has 4 rings (SSSR count). The lowest BCUT2D eigenvalue weighted by Gasteiger charge is -2.32. The van der Waals surface area contributed by atoms with Crippen LogP contribution in [0, 0.1) is 0 Å². The van der Waals surface area contributed by atoms with Crippen molar-refractivity contribution in [2.75, 3.05) is 11.4 Å². The molecule has 0 spiro atoms. The van der Waals surface area contributed by atoms with E-state index in [2.05, 4.69) is 22.3 Å². The average Bonchev–Trinajstić information content (AvgIpc) is 2.95. The highest BCUT2D eigenvalue weighted by Gasteiger charge is 2.34. The number of amides is 2. The van der Waals surface area contributed by atoms with E-state index in [4.69, 9.17) is 4.74 Å². The summed E-state index contributed by atoms with van der Waals surface area (Å²) in [6.45, 7) is 0.426. The number of para-hydroxylation sites is 2. The number of nitrogens with one attached hydrogen (secondary N) is 1. The average molecular weight is 368 g/mol. The second-order valence-electron chi connectivity index (χ2n) is 6.03. The minimum Gasteiger partial charge on any atom is -0.452 e. The fourth-order valence-electron chi connectivity index (χ4n) is 3.07. The summed E-state index contributed by atoms with van der Waals surface area (Å²) in [5.74, 6) is -1.45. The molecule has 0 aliphatic carbocycles. The summed E-state index contributed by atoms with van der Waals surface area (Å²) >= 11 is 1.70. The number of ether oxygens (including phenoxy) is 1. The van der Waals surface area contributed by atoms with Crippen LogP contribution in [0.5, 0.6) is 0 Å². The molecule has 2 aliphatic heterocycles. The predicted molar refractivity (Wildman–Crippen MR) is 96.3 cm³/mol. The molecule has 2 aliphatic rings. The van der Waals surface area contributed by atoms with Crippen LogP contribution in [0.25, 0.3) is 0 Å². The van der Waals surface area contributed by atoms with E-state index in [1.807, 2.05) is 36.4 Å². The molecule has 1 N–H and O–H groups in total. The number of imide groups is 1. The predicted octanol–water partition coefficient (Wildman–Crippen LogP) is 2.64. The Morgan fingerprint density at radius 3 is 2.27 bits per heavy atom. The van der Waals surface area contributed by atoms with Gasteiger partial charge in [0.25, 0.3) is 5.91 Å². The first kappa shape index (κ1) is 16.7. The van der Waals surface area contributed by atoms with Gasteiger partial charge in [0.1, 0.15) is 0 Å². The summed E-state index contributed by atoms with van der Waals surface area (Å²) in [5.41, 5.74) is 2.08. The topological polar surface area (TPSA) is 75.7 Å². The first-order chi connectivity index (χ1) is 12.6. The van der Waals surface area contributed by atoms with Crippen LogP contribution < -0.4 is 10.2 Å². The molecule has 1 fully saturated rings. The molecule has 2 amide bonds. The number of hydrogen-bond donors (Lipinski definition) is 1. The molecular formula is C19H16N2O4S. The van der Waals surface area contributed by atoms with E-state index >= 15 is 0 Å². The summed E-state index contributed by atoms with van der Waals surface area (Å²) in [6.07, 6.45) is -0.992. The van der Waals surface area contributed by atoms with E-state index in [-0.39, 0.29) is 12.8 Å². The lowest BCUT2D eigenvalue weighted by atomic mass is 10.2. The highest BCUT2D eigenvalue weighted by atomic mass is 32.2. The van der Waals surface area contributed by atoms with Crippen molar-refractivity contribution in [3.05, 3.63) is 48.5 Å². The molecule has 2 aromatic rings. The summed E-state index contributed by atoms with van der Waals surface area (Å²) in [7, 11) is 0. The molecule has 2 aromatic carbocycles. The van der Waals surface area contributed by atoms with E-state index in [1.165, 1.54) is 0 Å². The van der Waals surface area contributed by atoms with Gasteiger partial charge in [-0.2, -0.15) is 0 Å². The molecule has 26 heavy (non-hydrogen) atoms. The number of carbonyl (C=O) groups excluding carboxylic acids is 3. The van der Waals surface area contributed by atoms with Crippen molar-refractivity contribution in [3.8, 4) is 0 Å². The van der Waals surface area contributed by atoms with Crippen LogP contribution in [-0.4, -0.2) is 30.4 Å². The van der Waals surface area contributed by atoms with Crippen LogP contribution >= 0.6 is 11.8 Å². The Balaban J connectivity index is 1.49. The van der Waals surface area contributed by atoms with E-state index in [0.717, 1.165) is 21.2 Å². The number of anilines is 2. The van der Waals surface area contributed by atoms with Crippen LogP contribution in [0.3, 0.4) is 0 Å². The van der Waals surface area contributed by atoms with Gasteiger partial charge in [-0.3, -0.25) is 19.7 Å². The Labute approximate surface area is 154 Å². The van der Waals surface area contributed by atoms with Gasteiger partial charge in [-0.15, -0.1) is 0 Å². The number of fused-ring (bicyclic) bond motifs is 2. The quantitative estimate of drug-likeness (QED) is 0.660. The fourth-order valence-corrected chi connectivity index (χ4v) is 4.16. The van der Waals surface area contributed by atoms with Gasteiger partial charge in [0, 0.05) is 16.3 Å². The standard InChI is InChI=1S/C19H16N2O4S/c22-17-11-14(19(24)20-17)25-18(23)9-10-21-12-5-1-3-7-15(12)26-16-8-4-2-6-13(16)21/h1-8,14H,9-11H2,(H,20,22,24). The highest BCUT2D eigenvalue weighted by molar-refractivity contribution is 7.99. The van der Waals surface area contributed by atoms with E-state index in [0.29, 0.717) is 6.54 Å². The first-order valence-corrected chi connectivity index (χ1v) is 9.10. The second kappa shape index (κ2) is 6.84. The highest BCUT2D eigenvalue weighted by Crippen LogP contribution is 2.47. The lowest BCUT2D eigenvalue weighted by molar-refractivity contribution is -0.153. The maximum Gasteiger partial charge on any atom is 0.308 e. The van der Waals surface area contributed by atoms with Crippen molar-refractivity contribution in [2.45, 2.75) is 28.7 Å². The zero-order valence-electron chi connectivity index (χ0n) is 13.8. The van der Waals surface area contributed by atoms with Crippen molar-refractivity contribution in [1.82, 2.24) is 5.32 Å². The number of benzene rings is 2. The SMILES string of the molecule is O=C1CC(OC(=O)CCN2c3ccccc3Sc3ccccc32)C(=O)N1. The lowest BCUT2D eigenvalue weighted by Crippen LogP contribution is -2.30. The van der Waals surface area contributed by atoms with Gasteiger partial charge >= 0.3 is 5.97 Å². The fraction of sp³-hybridized carbons (Fsp3) is 0.211. The summed E-state index contributed by atoms with van der Waals surface area (Å²) in [6, 6.07) is 16.1. The Bertz CT molecular complexity index is 853. The number of carbonyl (C=O) groups is 3. The number of rotatable bonds is 4. The molecule has 132 valence electrons. The zero-order chi connectivity index (χ0) is 18.1. The second-order valence-corrected chi connectivity index (χ2v) is 7.12. The van der Waals surface area contributed by atoms with Gasteiger partial charge in [-0.05, 0) is 24.3 Å². The van der Waals surface area contributed by atoms with Crippen LogP contribution in [0.4, 0.5) is 11.4 Å². The first-order valence-electron chi connectivity index (χ1n) is 8.28. The number of esters is 1. The summed E-state index contributed by atoms with van der Waals surface area (Å²) < 4.78 is 5.16. The smallest absolute Gasteiger partial charge is 0.308 e. The van der Waals surface area contributed by atoms with Crippen molar-refractivity contribution >= 4 is 40.9 Å². The van der Waals surface area contributed by atoms with Crippen LogP contribution in [0.1, 0.15) is 12.8 Å². The third-order valence-corrected chi connectivity index (χ3v) is 5.40. The van der Waals surface area contributed by atoms with Crippen molar-refractivity contribution in [1.29, 1.82) is 0 Å². The molecular weight excluding hydrogens is 352 g/mol. The molecule has 1 unspecified atom stereocenters. The molecule has 1 atom stereocenters. The van der Waals surface area contributed by atoms with Gasteiger partial charge < -0.3 is 9.64 Å². The minimum atomic E-state index is -1.01. The van der Waals surface area contributed by atoms with Crippen molar-refractivity contribution < 1.29 is 19.1 Å². The molecule has 6 nitrogen and oxygen atoms in total. The minimum absolute atomic E-state index is 0.101. The zero-order valence-corrected chi connectivity index (χ0v) is 14.6. The summed E-state index contributed by atoms with van der Waals surface area (Å²) in [5, 5.41) is 2.14. The molecule has 0 saturated carbocycles. The molecule has 2 heterocycles. The van der Waals surface area contributed by atoms with E-state index in [1.54, 1.807) is 11.8 Å². The third kappa shape index (κ3) is 3.17. The van der Waals surface area contributed by atoms with Gasteiger partial charge in [-0.25, -0.2) is 0 Å².